The lowest BCUT2D eigenvalue weighted by atomic mass is 10.2. The second kappa shape index (κ2) is 6.94. The highest BCUT2D eigenvalue weighted by Gasteiger charge is 2.17. The Morgan fingerprint density at radius 1 is 1.14 bits per heavy atom. The monoisotopic (exact) mass is 337 g/mol. The Morgan fingerprint density at radius 2 is 1.82 bits per heavy atom. The molecule has 2 aromatic carbocycles. The molecule has 0 heterocycles. The number of rotatable bonds is 5. The van der Waals surface area contributed by atoms with Crippen LogP contribution in [0.2, 0.25) is 5.02 Å². The zero-order valence-electron chi connectivity index (χ0n) is 12.0. The highest BCUT2D eigenvalue weighted by molar-refractivity contribution is 7.91. The molecule has 0 bridgehead atoms. The number of aryl methyl sites for hydroxylation is 1. The number of anilines is 1. The molecular formula is C16H16ClNO3S. The smallest absolute Gasteiger partial charge is 0.239 e. The summed E-state index contributed by atoms with van der Waals surface area (Å²) in [5, 5.41) is 3.13. The summed E-state index contributed by atoms with van der Waals surface area (Å²) in [6.45, 7) is 1.90. The van der Waals surface area contributed by atoms with Crippen molar-refractivity contribution in [1.29, 1.82) is 0 Å². The van der Waals surface area contributed by atoms with Crippen LogP contribution in [0.3, 0.4) is 0 Å². The number of nitrogens with one attached hydrogen (secondary N) is 1. The number of sulfone groups is 1. The largest absolute Gasteiger partial charge is 0.325 e. The number of hydrogen-bond donors (Lipinski definition) is 1. The van der Waals surface area contributed by atoms with Crippen LogP contribution < -0.4 is 5.32 Å². The number of halogens is 1. The van der Waals surface area contributed by atoms with E-state index in [2.05, 4.69) is 5.32 Å². The van der Waals surface area contributed by atoms with Crippen molar-refractivity contribution < 1.29 is 13.2 Å². The van der Waals surface area contributed by atoms with Crippen molar-refractivity contribution in [2.45, 2.75) is 12.7 Å². The van der Waals surface area contributed by atoms with Crippen molar-refractivity contribution in [3.8, 4) is 0 Å². The molecule has 1 N–H and O–H groups in total. The van der Waals surface area contributed by atoms with Gasteiger partial charge in [-0.3, -0.25) is 4.79 Å². The zero-order chi connectivity index (χ0) is 16.2. The Balaban J connectivity index is 1.99. The first-order valence-corrected chi connectivity index (χ1v) is 8.85. The Bertz CT molecular complexity index is 770. The summed E-state index contributed by atoms with van der Waals surface area (Å²) in [6, 6.07) is 13.7. The summed E-state index contributed by atoms with van der Waals surface area (Å²) in [4.78, 5) is 11.9. The molecule has 6 heteroatoms. The minimum absolute atomic E-state index is 0.189. The molecule has 2 rings (SSSR count). The van der Waals surface area contributed by atoms with Gasteiger partial charge in [-0.1, -0.05) is 35.9 Å². The van der Waals surface area contributed by atoms with Gasteiger partial charge in [0.1, 0.15) is 5.75 Å². The Hall–Kier alpha value is -1.85. The Morgan fingerprint density at radius 3 is 2.45 bits per heavy atom. The second-order valence-electron chi connectivity index (χ2n) is 5.08. The molecule has 0 aliphatic rings. The summed E-state index contributed by atoms with van der Waals surface area (Å²) < 4.78 is 24.1. The summed E-state index contributed by atoms with van der Waals surface area (Å²) in [7, 11) is -3.53. The van der Waals surface area contributed by atoms with Crippen LogP contribution in [0.1, 0.15) is 11.1 Å². The van der Waals surface area contributed by atoms with E-state index in [4.69, 9.17) is 11.6 Å². The fraction of sp³-hybridized carbons (Fsp3) is 0.188. The molecule has 0 aromatic heterocycles. The predicted molar refractivity (Wildman–Crippen MR) is 88.8 cm³/mol. The minimum Gasteiger partial charge on any atom is -0.325 e. The van der Waals surface area contributed by atoms with Gasteiger partial charge in [-0.15, -0.1) is 0 Å². The third kappa shape index (κ3) is 5.16. The number of carbonyl (C=O) groups is 1. The Kier molecular flexibility index (Phi) is 5.21. The summed E-state index contributed by atoms with van der Waals surface area (Å²) >= 11 is 5.76. The average Bonchev–Trinajstić information content (AvgIpc) is 2.40. The van der Waals surface area contributed by atoms with E-state index < -0.39 is 21.5 Å². The molecule has 0 fully saturated rings. The van der Waals surface area contributed by atoms with E-state index in [9.17, 15) is 13.2 Å². The molecule has 0 radical (unpaired) electrons. The maximum Gasteiger partial charge on any atom is 0.239 e. The predicted octanol–water partition coefficient (Wildman–Crippen LogP) is 3.20. The first-order chi connectivity index (χ1) is 10.3. The summed E-state index contributed by atoms with van der Waals surface area (Å²) in [5.74, 6) is -1.28. The molecule has 0 unspecified atom stereocenters. The molecule has 4 nitrogen and oxygen atoms in total. The topological polar surface area (TPSA) is 63.2 Å². The van der Waals surface area contributed by atoms with E-state index >= 15 is 0 Å². The lowest BCUT2D eigenvalue weighted by molar-refractivity contribution is -0.113. The van der Waals surface area contributed by atoms with E-state index in [1.165, 1.54) is 0 Å². The van der Waals surface area contributed by atoms with Crippen LogP contribution in [0.25, 0.3) is 0 Å². The van der Waals surface area contributed by atoms with Crippen LogP contribution in [0, 0.1) is 6.92 Å². The van der Waals surface area contributed by atoms with Crippen LogP contribution in [0.4, 0.5) is 5.69 Å². The van der Waals surface area contributed by atoms with Crippen LogP contribution in [-0.2, 0) is 20.4 Å². The van der Waals surface area contributed by atoms with Crippen molar-refractivity contribution in [2.24, 2.45) is 0 Å². The zero-order valence-corrected chi connectivity index (χ0v) is 13.6. The molecule has 0 aliphatic heterocycles. The third-order valence-electron chi connectivity index (χ3n) is 2.95. The van der Waals surface area contributed by atoms with Gasteiger partial charge in [0.2, 0.25) is 5.91 Å². The van der Waals surface area contributed by atoms with Gasteiger partial charge < -0.3 is 5.32 Å². The quantitative estimate of drug-likeness (QED) is 0.911. The highest BCUT2D eigenvalue weighted by atomic mass is 35.5. The number of benzene rings is 2. The Labute approximate surface area is 135 Å². The molecule has 0 saturated heterocycles. The SMILES string of the molecule is Cc1cccc(NC(=O)CS(=O)(=O)Cc2ccc(Cl)cc2)c1. The number of carbonyl (C=O) groups excluding carboxylic acids is 1. The molecule has 116 valence electrons. The van der Waals surface area contributed by atoms with Crippen molar-refractivity contribution in [1.82, 2.24) is 0 Å². The van der Waals surface area contributed by atoms with E-state index in [-0.39, 0.29) is 5.75 Å². The first-order valence-electron chi connectivity index (χ1n) is 6.65. The van der Waals surface area contributed by atoms with Crippen molar-refractivity contribution >= 4 is 33.0 Å². The normalized spacial score (nSPS) is 11.2. The van der Waals surface area contributed by atoms with E-state index in [0.717, 1.165) is 5.56 Å². The highest BCUT2D eigenvalue weighted by Crippen LogP contribution is 2.13. The number of amides is 1. The molecule has 0 aliphatic carbocycles. The fourth-order valence-electron chi connectivity index (χ4n) is 2.01. The summed E-state index contributed by atoms with van der Waals surface area (Å²) in [6.07, 6.45) is 0. The molecule has 0 saturated carbocycles. The second-order valence-corrected chi connectivity index (χ2v) is 7.58. The van der Waals surface area contributed by atoms with Gasteiger partial charge in [-0.25, -0.2) is 8.42 Å². The van der Waals surface area contributed by atoms with Crippen LogP contribution in [-0.4, -0.2) is 20.1 Å². The fourth-order valence-corrected chi connectivity index (χ4v) is 3.41. The molecule has 0 atom stereocenters. The van der Waals surface area contributed by atoms with E-state index in [1.54, 1.807) is 42.5 Å². The maximum atomic E-state index is 12.1. The van der Waals surface area contributed by atoms with Gasteiger partial charge in [-0.05, 0) is 42.3 Å². The van der Waals surface area contributed by atoms with Gasteiger partial charge in [0.15, 0.2) is 9.84 Å². The lowest BCUT2D eigenvalue weighted by Crippen LogP contribution is -2.23. The van der Waals surface area contributed by atoms with Crippen LogP contribution in [0.15, 0.2) is 48.5 Å². The van der Waals surface area contributed by atoms with Gasteiger partial charge in [0.05, 0.1) is 5.75 Å². The third-order valence-corrected chi connectivity index (χ3v) is 4.68. The van der Waals surface area contributed by atoms with Gasteiger partial charge >= 0.3 is 0 Å². The van der Waals surface area contributed by atoms with Crippen molar-refractivity contribution in [2.75, 3.05) is 11.1 Å². The van der Waals surface area contributed by atoms with E-state index in [1.807, 2.05) is 13.0 Å². The molecular weight excluding hydrogens is 322 g/mol. The van der Waals surface area contributed by atoms with Crippen molar-refractivity contribution in [3.63, 3.8) is 0 Å². The first kappa shape index (κ1) is 16.5. The molecule has 22 heavy (non-hydrogen) atoms. The molecule has 0 spiro atoms. The van der Waals surface area contributed by atoms with Gasteiger partial charge in [-0.2, -0.15) is 0 Å². The van der Waals surface area contributed by atoms with E-state index in [0.29, 0.717) is 16.3 Å². The standard InChI is InChI=1S/C16H16ClNO3S/c1-12-3-2-4-15(9-12)18-16(19)11-22(20,21)10-13-5-7-14(17)8-6-13/h2-9H,10-11H2,1H3,(H,18,19). The minimum atomic E-state index is -3.53. The maximum absolute atomic E-state index is 12.1. The molecule has 2 aromatic rings. The lowest BCUT2D eigenvalue weighted by Gasteiger charge is -2.07. The van der Waals surface area contributed by atoms with Crippen LogP contribution >= 0.6 is 11.6 Å². The summed E-state index contributed by atoms with van der Waals surface area (Å²) in [5.41, 5.74) is 2.18. The molecule has 1 amide bonds. The number of hydrogen-bond acceptors (Lipinski definition) is 3. The van der Waals surface area contributed by atoms with Crippen LogP contribution in [0.5, 0.6) is 0 Å². The van der Waals surface area contributed by atoms with Gasteiger partial charge in [0, 0.05) is 10.7 Å². The van der Waals surface area contributed by atoms with Gasteiger partial charge in [0.25, 0.3) is 0 Å². The van der Waals surface area contributed by atoms with Crippen molar-refractivity contribution in [3.05, 3.63) is 64.7 Å². The average molecular weight is 338 g/mol.